The topological polar surface area (TPSA) is 71.3 Å². The van der Waals surface area contributed by atoms with Crippen molar-refractivity contribution < 1.29 is 14.3 Å². The molecule has 0 saturated heterocycles. The Bertz CT molecular complexity index is 921. The van der Waals surface area contributed by atoms with Gasteiger partial charge in [-0.1, -0.05) is 34.8 Å². The number of ether oxygens (including phenoxy) is 2. The highest BCUT2D eigenvalue weighted by Crippen LogP contribution is 2.36. The molecule has 0 atom stereocenters. The van der Waals surface area contributed by atoms with Crippen LogP contribution in [0.5, 0.6) is 11.5 Å². The maximum atomic E-state index is 12.3. The van der Waals surface area contributed by atoms with Gasteiger partial charge in [-0.25, -0.2) is 0 Å². The predicted molar refractivity (Wildman–Crippen MR) is 103 cm³/mol. The number of carbonyl (C=O) groups excluding carboxylic acids is 1. The Balaban J connectivity index is 2.32. The van der Waals surface area contributed by atoms with Crippen molar-refractivity contribution >= 4 is 52.5 Å². The number of methoxy groups -OCH3 is 2. The number of nitriles is 1. The molecule has 2 aromatic rings. The molecule has 0 unspecified atom stereocenters. The summed E-state index contributed by atoms with van der Waals surface area (Å²) >= 11 is 17.9. The summed E-state index contributed by atoms with van der Waals surface area (Å²) in [4.78, 5) is 12.3. The summed E-state index contributed by atoms with van der Waals surface area (Å²) in [7, 11) is 2.93. The van der Waals surface area contributed by atoms with Gasteiger partial charge in [-0.15, -0.1) is 0 Å². The Morgan fingerprint density at radius 3 is 2.38 bits per heavy atom. The van der Waals surface area contributed by atoms with E-state index >= 15 is 0 Å². The summed E-state index contributed by atoms with van der Waals surface area (Å²) in [5.74, 6) is 0.148. The van der Waals surface area contributed by atoms with Gasteiger partial charge in [0.05, 0.1) is 29.3 Å². The molecule has 26 heavy (non-hydrogen) atoms. The van der Waals surface area contributed by atoms with E-state index in [1.54, 1.807) is 24.3 Å². The molecule has 2 aromatic carbocycles. The zero-order valence-electron chi connectivity index (χ0n) is 13.8. The van der Waals surface area contributed by atoms with E-state index in [1.165, 1.54) is 26.4 Å². The number of hydrogen-bond acceptors (Lipinski definition) is 4. The third kappa shape index (κ3) is 4.61. The first-order chi connectivity index (χ1) is 12.4. The molecule has 0 fully saturated rings. The minimum atomic E-state index is -0.600. The average Bonchev–Trinajstić information content (AvgIpc) is 2.62. The lowest BCUT2D eigenvalue weighted by Gasteiger charge is -2.10. The summed E-state index contributed by atoms with van der Waals surface area (Å²) < 4.78 is 10.4. The molecule has 1 N–H and O–H groups in total. The number of benzene rings is 2. The fraction of sp³-hybridized carbons (Fsp3) is 0.111. The standard InChI is InChI=1S/C18H13Cl3N2O3/c1-25-16-7-10(6-15(21)17(16)26-2)5-11(9-22)18(24)23-12-3-4-13(19)14(20)8-12/h3-8H,1-2H3,(H,23,24)/b11-5+. The van der Waals surface area contributed by atoms with E-state index in [0.717, 1.165) is 0 Å². The fourth-order valence-electron chi connectivity index (χ4n) is 2.11. The molecule has 0 aliphatic carbocycles. The van der Waals surface area contributed by atoms with Crippen molar-refractivity contribution in [2.75, 3.05) is 19.5 Å². The molecular formula is C18H13Cl3N2O3. The Morgan fingerprint density at radius 2 is 1.81 bits per heavy atom. The second-order valence-corrected chi connectivity index (χ2v) is 6.21. The van der Waals surface area contributed by atoms with Gasteiger partial charge in [0.2, 0.25) is 0 Å². The van der Waals surface area contributed by atoms with Crippen LogP contribution in [-0.4, -0.2) is 20.1 Å². The van der Waals surface area contributed by atoms with Crippen molar-refractivity contribution in [1.29, 1.82) is 5.26 Å². The lowest BCUT2D eigenvalue weighted by Crippen LogP contribution is -2.13. The van der Waals surface area contributed by atoms with Crippen LogP contribution < -0.4 is 14.8 Å². The molecule has 0 aliphatic heterocycles. The molecule has 0 aromatic heterocycles. The van der Waals surface area contributed by atoms with Gasteiger partial charge in [-0.05, 0) is 42.0 Å². The van der Waals surface area contributed by atoms with Crippen molar-refractivity contribution in [2.45, 2.75) is 0 Å². The van der Waals surface area contributed by atoms with Gasteiger partial charge in [0.15, 0.2) is 11.5 Å². The second kappa shape index (κ2) is 8.81. The number of nitrogens with one attached hydrogen (secondary N) is 1. The van der Waals surface area contributed by atoms with Crippen LogP contribution in [-0.2, 0) is 4.79 Å². The SMILES string of the molecule is COc1cc(/C=C(\C#N)C(=O)Nc2ccc(Cl)c(Cl)c2)cc(Cl)c1OC. The molecule has 0 bridgehead atoms. The Hall–Kier alpha value is -2.39. The number of halogens is 3. The molecular weight excluding hydrogens is 399 g/mol. The lowest BCUT2D eigenvalue weighted by molar-refractivity contribution is -0.112. The van der Waals surface area contributed by atoms with Crippen LogP contribution in [0.25, 0.3) is 6.08 Å². The second-order valence-electron chi connectivity index (χ2n) is 4.99. The van der Waals surface area contributed by atoms with Gasteiger partial charge < -0.3 is 14.8 Å². The molecule has 1 amide bonds. The van der Waals surface area contributed by atoms with Gasteiger partial charge in [0.25, 0.3) is 5.91 Å². The van der Waals surface area contributed by atoms with Crippen LogP contribution in [0, 0.1) is 11.3 Å². The first-order valence-corrected chi connectivity index (χ1v) is 8.32. The molecule has 0 radical (unpaired) electrons. The van der Waals surface area contributed by atoms with E-state index < -0.39 is 5.91 Å². The normalized spacial score (nSPS) is 10.8. The highest BCUT2D eigenvalue weighted by atomic mass is 35.5. The minimum Gasteiger partial charge on any atom is -0.493 e. The van der Waals surface area contributed by atoms with Gasteiger partial charge >= 0.3 is 0 Å². The first-order valence-electron chi connectivity index (χ1n) is 7.19. The summed E-state index contributed by atoms with van der Waals surface area (Å²) in [5, 5.41) is 12.8. The number of amides is 1. The number of hydrogen-bond donors (Lipinski definition) is 1. The van der Waals surface area contributed by atoms with Crippen LogP contribution in [0.3, 0.4) is 0 Å². The van der Waals surface area contributed by atoms with Crippen LogP contribution in [0.1, 0.15) is 5.56 Å². The van der Waals surface area contributed by atoms with E-state index in [9.17, 15) is 10.1 Å². The summed E-state index contributed by atoms with van der Waals surface area (Å²) in [6.45, 7) is 0. The molecule has 8 heteroatoms. The molecule has 0 aliphatic rings. The predicted octanol–water partition coefficient (Wildman–Crippen LogP) is 5.21. The number of anilines is 1. The van der Waals surface area contributed by atoms with E-state index in [1.807, 2.05) is 6.07 Å². The molecule has 134 valence electrons. The maximum Gasteiger partial charge on any atom is 0.266 e. The van der Waals surface area contributed by atoms with Crippen molar-refractivity contribution in [1.82, 2.24) is 0 Å². The minimum absolute atomic E-state index is 0.126. The van der Waals surface area contributed by atoms with Gasteiger partial charge in [-0.2, -0.15) is 5.26 Å². The van der Waals surface area contributed by atoms with E-state index in [2.05, 4.69) is 5.32 Å². The van der Waals surface area contributed by atoms with Crippen LogP contribution in [0.15, 0.2) is 35.9 Å². The lowest BCUT2D eigenvalue weighted by atomic mass is 10.1. The zero-order chi connectivity index (χ0) is 19.3. The van der Waals surface area contributed by atoms with Gasteiger partial charge in [-0.3, -0.25) is 4.79 Å². The van der Waals surface area contributed by atoms with E-state index in [0.29, 0.717) is 37.8 Å². The summed E-state index contributed by atoms with van der Waals surface area (Å²) in [6, 6.07) is 9.64. The number of nitrogens with zero attached hydrogens (tertiary/aromatic N) is 1. The Labute approximate surface area is 165 Å². The molecule has 0 saturated carbocycles. The van der Waals surface area contributed by atoms with Crippen molar-refractivity contribution in [3.05, 3.63) is 56.5 Å². The third-order valence-electron chi connectivity index (χ3n) is 3.31. The molecule has 0 spiro atoms. The van der Waals surface area contributed by atoms with Crippen LogP contribution in [0.4, 0.5) is 5.69 Å². The number of rotatable bonds is 5. The van der Waals surface area contributed by atoms with E-state index in [4.69, 9.17) is 44.3 Å². The van der Waals surface area contributed by atoms with Crippen LogP contribution >= 0.6 is 34.8 Å². The Kier molecular flexibility index (Phi) is 6.76. The largest absolute Gasteiger partial charge is 0.493 e. The smallest absolute Gasteiger partial charge is 0.266 e. The summed E-state index contributed by atoms with van der Waals surface area (Å²) in [6.07, 6.45) is 1.39. The van der Waals surface area contributed by atoms with Gasteiger partial charge in [0.1, 0.15) is 11.6 Å². The molecule has 0 heterocycles. The monoisotopic (exact) mass is 410 g/mol. The zero-order valence-corrected chi connectivity index (χ0v) is 16.0. The van der Waals surface area contributed by atoms with Crippen LogP contribution in [0.2, 0.25) is 15.1 Å². The quantitative estimate of drug-likeness (QED) is 0.541. The fourth-order valence-corrected chi connectivity index (χ4v) is 2.70. The van der Waals surface area contributed by atoms with Crippen molar-refractivity contribution in [2.24, 2.45) is 0 Å². The Morgan fingerprint density at radius 1 is 1.08 bits per heavy atom. The highest BCUT2D eigenvalue weighted by molar-refractivity contribution is 6.42. The first kappa shape index (κ1) is 19.9. The van der Waals surface area contributed by atoms with Crippen molar-refractivity contribution in [3.63, 3.8) is 0 Å². The highest BCUT2D eigenvalue weighted by Gasteiger charge is 2.14. The summed E-state index contributed by atoms with van der Waals surface area (Å²) in [5.41, 5.74) is 0.795. The number of carbonyl (C=O) groups is 1. The van der Waals surface area contributed by atoms with Gasteiger partial charge in [0, 0.05) is 5.69 Å². The average molecular weight is 412 g/mol. The molecule has 2 rings (SSSR count). The van der Waals surface area contributed by atoms with Crippen molar-refractivity contribution in [3.8, 4) is 17.6 Å². The maximum absolute atomic E-state index is 12.3. The third-order valence-corrected chi connectivity index (χ3v) is 4.33. The molecule has 5 nitrogen and oxygen atoms in total. The van der Waals surface area contributed by atoms with E-state index in [-0.39, 0.29) is 5.57 Å².